The van der Waals surface area contributed by atoms with E-state index in [1.54, 1.807) is 24.3 Å². The molecule has 5 heteroatoms. The minimum absolute atomic E-state index is 0.00848. The maximum Gasteiger partial charge on any atom is 0.335 e. The quantitative estimate of drug-likeness (QED) is 0.507. The lowest BCUT2D eigenvalue weighted by Gasteiger charge is -2.07. The molecule has 0 bridgehead atoms. The van der Waals surface area contributed by atoms with Gasteiger partial charge in [0.2, 0.25) is 0 Å². The molecule has 0 aliphatic rings. The first kappa shape index (κ1) is 12.6. The average molecular weight is 258 g/mol. The summed E-state index contributed by atoms with van der Waals surface area (Å²) in [5.41, 5.74) is 0.116. The van der Waals surface area contributed by atoms with Crippen molar-refractivity contribution in [1.29, 1.82) is 0 Å². The molecule has 96 valence electrons. The second kappa shape index (κ2) is 5.68. The van der Waals surface area contributed by atoms with Crippen molar-refractivity contribution in [3.8, 4) is 11.5 Å². The van der Waals surface area contributed by atoms with Crippen LogP contribution in [0, 0.1) is 0 Å². The first-order valence-corrected chi connectivity index (χ1v) is 5.43. The number of para-hydroxylation sites is 1. The SMILES string of the molecule is O=Cc1cc(C(=O)O)ccc1OOc1ccccc1. The monoisotopic (exact) mass is 258 g/mol. The summed E-state index contributed by atoms with van der Waals surface area (Å²) in [5, 5.41) is 8.82. The fourth-order valence-electron chi connectivity index (χ4n) is 1.42. The molecular formula is C14H10O5. The van der Waals surface area contributed by atoms with Crippen molar-refractivity contribution in [2.45, 2.75) is 0 Å². The fourth-order valence-corrected chi connectivity index (χ4v) is 1.42. The smallest absolute Gasteiger partial charge is 0.335 e. The molecule has 0 atom stereocenters. The minimum atomic E-state index is -1.11. The van der Waals surface area contributed by atoms with Gasteiger partial charge in [0.15, 0.2) is 17.8 Å². The van der Waals surface area contributed by atoms with Crippen LogP contribution < -0.4 is 9.78 Å². The molecule has 19 heavy (non-hydrogen) atoms. The Balaban J connectivity index is 2.16. The maximum atomic E-state index is 10.9. The Morgan fingerprint density at radius 1 is 1.05 bits per heavy atom. The van der Waals surface area contributed by atoms with E-state index in [1.165, 1.54) is 18.2 Å². The van der Waals surface area contributed by atoms with E-state index in [0.717, 1.165) is 0 Å². The molecule has 2 aromatic carbocycles. The number of hydrogen-bond acceptors (Lipinski definition) is 4. The van der Waals surface area contributed by atoms with Gasteiger partial charge < -0.3 is 5.11 Å². The van der Waals surface area contributed by atoms with Crippen LogP contribution in [0.1, 0.15) is 20.7 Å². The summed E-state index contributed by atoms with van der Waals surface area (Å²) in [7, 11) is 0. The van der Waals surface area contributed by atoms with Gasteiger partial charge in [0, 0.05) is 0 Å². The molecule has 0 aliphatic heterocycles. The van der Waals surface area contributed by atoms with Crippen molar-refractivity contribution in [3.63, 3.8) is 0 Å². The summed E-state index contributed by atoms with van der Waals surface area (Å²) >= 11 is 0. The van der Waals surface area contributed by atoms with E-state index >= 15 is 0 Å². The van der Waals surface area contributed by atoms with E-state index in [1.807, 2.05) is 6.07 Å². The molecule has 0 aromatic heterocycles. The number of carboxylic acids is 1. The predicted octanol–water partition coefficient (Wildman–Crippen LogP) is 2.57. The molecule has 0 fully saturated rings. The van der Waals surface area contributed by atoms with E-state index in [-0.39, 0.29) is 16.9 Å². The van der Waals surface area contributed by atoms with Crippen LogP contribution in [0.2, 0.25) is 0 Å². The second-order valence-corrected chi connectivity index (χ2v) is 3.66. The lowest BCUT2D eigenvalue weighted by Crippen LogP contribution is -2.04. The summed E-state index contributed by atoms with van der Waals surface area (Å²) in [6.45, 7) is 0. The highest BCUT2D eigenvalue weighted by molar-refractivity contribution is 5.91. The van der Waals surface area contributed by atoms with Gasteiger partial charge in [0.25, 0.3) is 0 Å². The van der Waals surface area contributed by atoms with Crippen molar-refractivity contribution >= 4 is 12.3 Å². The van der Waals surface area contributed by atoms with Crippen LogP contribution in [0.5, 0.6) is 11.5 Å². The Hall–Kier alpha value is -2.82. The number of rotatable bonds is 5. The molecule has 2 rings (SSSR count). The van der Waals surface area contributed by atoms with Crippen LogP contribution >= 0.6 is 0 Å². The van der Waals surface area contributed by atoms with Gasteiger partial charge in [-0.1, -0.05) is 18.2 Å². The van der Waals surface area contributed by atoms with Crippen LogP contribution in [-0.4, -0.2) is 17.4 Å². The van der Waals surface area contributed by atoms with E-state index < -0.39 is 5.97 Å². The third kappa shape index (κ3) is 3.10. The summed E-state index contributed by atoms with van der Waals surface area (Å²) in [6.07, 6.45) is 0.510. The molecular weight excluding hydrogens is 248 g/mol. The summed E-state index contributed by atoms with van der Waals surface area (Å²) in [5.74, 6) is -0.482. The Labute approximate surface area is 108 Å². The second-order valence-electron chi connectivity index (χ2n) is 3.66. The van der Waals surface area contributed by atoms with E-state index in [0.29, 0.717) is 12.0 Å². The van der Waals surface area contributed by atoms with Gasteiger partial charge in [-0.15, -0.1) is 0 Å². The number of carbonyl (C=O) groups excluding carboxylic acids is 1. The summed E-state index contributed by atoms with van der Waals surface area (Å²) < 4.78 is 0. The van der Waals surface area contributed by atoms with Gasteiger partial charge >= 0.3 is 5.97 Å². The molecule has 5 nitrogen and oxygen atoms in total. The lowest BCUT2D eigenvalue weighted by atomic mass is 10.1. The zero-order valence-corrected chi connectivity index (χ0v) is 9.78. The highest BCUT2D eigenvalue weighted by atomic mass is 17.2. The Kier molecular flexibility index (Phi) is 3.78. The number of benzene rings is 2. The highest BCUT2D eigenvalue weighted by Gasteiger charge is 2.10. The van der Waals surface area contributed by atoms with Crippen molar-refractivity contribution in [2.24, 2.45) is 0 Å². The molecule has 0 unspecified atom stereocenters. The van der Waals surface area contributed by atoms with E-state index in [4.69, 9.17) is 14.9 Å². The van der Waals surface area contributed by atoms with Crippen LogP contribution in [-0.2, 0) is 0 Å². The predicted molar refractivity (Wildman–Crippen MR) is 66.5 cm³/mol. The number of carbonyl (C=O) groups is 2. The van der Waals surface area contributed by atoms with Crippen LogP contribution in [0.3, 0.4) is 0 Å². The Bertz CT molecular complexity index is 592. The van der Waals surface area contributed by atoms with Gasteiger partial charge in [-0.2, -0.15) is 0 Å². The zero-order chi connectivity index (χ0) is 13.7. The maximum absolute atomic E-state index is 10.9. The standard InChI is InChI=1S/C14H10O5/c15-9-11-8-10(14(16)17)6-7-13(11)19-18-12-4-2-1-3-5-12/h1-9H,(H,16,17). The van der Waals surface area contributed by atoms with Crippen molar-refractivity contribution in [2.75, 3.05) is 0 Å². The molecule has 0 radical (unpaired) electrons. The van der Waals surface area contributed by atoms with Gasteiger partial charge in [-0.05, 0) is 30.3 Å². The third-order valence-electron chi connectivity index (χ3n) is 2.35. The van der Waals surface area contributed by atoms with E-state index in [2.05, 4.69) is 0 Å². The number of aldehydes is 1. The largest absolute Gasteiger partial charge is 0.478 e. The number of hydrogen-bond donors (Lipinski definition) is 1. The lowest BCUT2D eigenvalue weighted by molar-refractivity contribution is -0.100. The summed E-state index contributed by atoms with van der Waals surface area (Å²) in [6, 6.07) is 12.7. The first-order valence-electron chi connectivity index (χ1n) is 5.43. The van der Waals surface area contributed by atoms with Crippen LogP contribution in [0.4, 0.5) is 0 Å². The van der Waals surface area contributed by atoms with E-state index in [9.17, 15) is 9.59 Å². The van der Waals surface area contributed by atoms with Crippen LogP contribution in [0.25, 0.3) is 0 Å². The Morgan fingerprint density at radius 3 is 2.42 bits per heavy atom. The van der Waals surface area contributed by atoms with Crippen molar-refractivity contribution < 1.29 is 24.5 Å². The topological polar surface area (TPSA) is 72.8 Å². The summed E-state index contributed by atoms with van der Waals surface area (Å²) in [4.78, 5) is 31.7. The van der Waals surface area contributed by atoms with Gasteiger partial charge in [-0.3, -0.25) is 14.6 Å². The van der Waals surface area contributed by atoms with Crippen molar-refractivity contribution in [3.05, 3.63) is 59.7 Å². The van der Waals surface area contributed by atoms with Crippen molar-refractivity contribution in [1.82, 2.24) is 0 Å². The van der Waals surface area contributed by atoms with Gasteiger partial charge in [-0.25, -0.2) is 4.79 Å². The van der Waals surface area contributed by atoms with Crippen LogP contribution in [0.15, 0.2) is 48.5 Å². The van der Waals surface area contributed by atoms with Gasteiger partial charge in [0.1, 0.15) is 0 Å². The molecule has 0 aliphatic carbocycles. The molecule has 1 N–H and O–H groups in total. The molecule has 0 saturated carbocycles. The molecule has 0 amide bonds. The zero-order valence-electron chi connectivity index (χ0n) is 9.78. The van der Waals surface area contributed by atoms with Gasteiger partial charge in [0.05, 0.1) is 11.1 Å². The number of carboxylic acid groups (broad SMARTS) is 1. The molecule has 2 aromatic rings. The first-order chi connectivity index (χ1) is 9.20. The number of aromatic carboxylic acids is 1. The minimum Gasteiger partial charge on any atom is -0.478 e. The molecule has 0 heterocycles. The Morgan fingerprint density at radius 2 is 1.79 bits per heavy atom. The molecule has 0 spiro atoms. The molecule has 0 saturated heterocycles. The highest BCUT2D eigenvalue weighted by Crippen LogP contribution is 2.20. The normalized spacial score (nSPS) is 9.68. The average Bonchev–Trinajstić information content (AvgIpc) is 2.45. The fraction of sp³-hybridized carbons (Fsp3) is 0. The third-order valence-corrected chi connectivity index (χ3v) is 2.35.